The van der Waals surface area contributed by atoms with Gasteiger partial charge in [-0.1, -0.05) is 0 Å². The maximum Gasteiger partial charge on any atom is 0.335 e. The molecule has 9 heteroatoms. The van der Waals surface area contributed by atoms with Gasteiger partial charge in [-0.3, -0.25) is 14.2 Å². The summed E-state index contributed by atoms with van der Waals surface area (Å²) in [7, 11) is 0. The molecule has 2 aromatic heterocycles. The Morgan fingerprint density at radius 1 is 1.17 bits per heavy atom. The minimum atomic E-state index is -0.423. The van der Waals surface area contributed by atoms with Gasteiger partial charge in [-0.15, -0.1) is 0 Å². The fourth-order valence-electron chi connectivity index (χ4n) is 3.70. The molecule has 1 N–H and O–H groups in total. The Morgan fingerprint density at radius 3 is 2.70 bits per heavy atom. The molecule has 0 aliphatic carbocycles. The molecule has 4 rings (SSSR count). The first-order valence-electron chi connectivity index (χ1n) is 9.91. The maximum atomic E-state index is 13.3. The largest absolute Gasteiger partial charge is 0.354 e. The molecule has 3 aromatic rings. The lowest BCUT2D eigenvalue weighted by Gasteiger charge is -2.15. The predicted octanol–water partition coefficient (Wildman–Crippen LogP) is 1.45. The van der Waals surface area contributed by atoms with E-state index in [4.69, 9.17) is 0 Å². The molecule has 0 spiro atoms. The summed E-state index contributed by atoms with van der Waals surface area (Å²) in [6.45, 7) is 1.66. The molecule has 156 valence electrons. The summed E-state index contributed by atoms with van der Waals surface area (Å²) in [5.74, 6) is -0.542. The van der Waals surface area contributed by atoms with Crippen molar-refractivity contribution in [3.8, 4) is 5.69 Å². The summed E-state index contributed by atoms with van der Waals surface area (Å²) in [6.07, 6.45) is 3.71. The Bertz CT molecular complexity index is 1140. The van der Waals surface area contributed by atoms with Crippen LogP contribution in [0.5, 0.6) is 0 Å². The monoisotopic (exact) mass is 411 g/mol. The molecule has 0 atom stereocenters. The van der Waals surface area contributed by atoms with Crippen molar-refractivity contribution in [3.05, 3.63) is 58.9 Å². The third-order valence-electron chi connectivity index (χ3n) is 5.18. The van der Waals surface area contributed by atoms with E-state index < -0.39 is 11.5 Å². The number of hydrogen-bond acceptors (Lipinski definition) is 4. The van der Waals surface area contributed by atoms with Crippen LogP contribution >= 0.6 is 0 Å². The third-order valence-corrected chi connectivity index (χ3v) is 5.18. The highest BCUT2D eigenvalue weighted by molar-refractivity contribution is 5.80. The molecular formula is C21H22FN5O3. The number of nitrogens with one attached hydrogen (secondary N) is 1. The van der Waals surface area contributed by atoms with Gasteiger partial charge in [0.15, 0.2) is 5.65 Å². The minimum absolute atomic E-state index is 0.155. The average molecular weight is 411 g/mol. The number of halogens is 1. The third kappa shape index (κ3) is 3.96. The quantitative estimate of drug-likeness (QED) is 0.596. The highest BCUT2D eigenvalue weighted by Crippen LogP contribution is 2.16. The second kappa shape index (κ2) is 8.48. The van der Waals surface area contributed by atoms with Crippen LogP contribution in [0.4, 0.5) is 4.39 Å². The normalized spacial score (nSPS) is 13.9. The van der Waals surface area contributed by atoms with E-state index in [-0.39, 0.29) is 18.4 Å². The van der Waals surface area contributed by atoms with Gasteiger partial charge in [0.05, 0.1) is 11.2 Å². The van der Waals surface area contributed by atoms with E-state index in [1.54, 1.807) is 23.2 Å². The van der Waals surface area contributed by atoms with Crippen LogP contribution in [-0.2, 0) is 16.1 Å². The maximum absolute atomic E-state index is 13.3. The lowest BCUT2D eigenvalue weighted by Crippen LogP contribution is -2.35. The number of nitrogens with zero attached hydrogens (tertiary/aromatic N) is 4. The standard InChI is InChI=1S/C21H22FN5O3/c22-15-6-8-16(9-7-15)27-20-17(4-1-10-24-20)26(21(27)30)14-18(28)23-11-3-13-25-12-2-5-19(25)29/h1,4,6-10H,2-3,5,11-14H2,(H,23,28). The topological polar surface area (TPSA) is 89.2 Å². The Balaban J connectivity index is 1.48. The summed E-state index contributed by atoms with van der Waals surface area (Å²) in [4.78, 5) is 43.1. The number of aromatic nitrogens is 3. The summed E-state index contributed by atoms with van der Waals surface area (Å²) in [5, 5.41) is 2.80. The molecule has 30 heavy (non-hydrogen) atoms. The van der Waals surface area contributed by atoms with Crippen molar-refractivity contribution < 1.29 is 14.0 Å². The van der Waals surface area contributed by atoms with Gasteiger partial charge in [0.1, 0.15) is 12.4 Å². The van der Waals surface area contributed by atoms with Gasteiger partial charge in [-0.05, 0) is 49.2 Å². The Labute approximate surface area is 171 Å². The van der Waals surface area contributed by atoms with Crippen LogP contribution < -0.4 is 11.0 Å². The Morgan fingerprint density at radius 2 is 1.97 bits per heavy atom. The highest BCUT2D eigenvalue weighted by atomic mass is 19.1. The second-order valence-corrected chi connectivity index (χ2v) is 7.21. The molecule has 0 unspecified atom stereocenters. The number of likely N-dealkylation sites (tertiary alicyclic amines) is 1. The van der Waals surface area contributed by atoms with Crippen molar-refractivity contribution in [1.29, 1.82) is 0 Å². The van der Waals surface area contributed by atoms with Crippen LogP contribution in [0, 0.1) is 5.82 Å². The van der Waals surface area contributed by atoms with Gasteiger partial charge in [0, 0.05) is 32.3 Å². The summed E-state index contributed by atoms with van der Waals surface area (Å²) in [6, 6.07) is 8.94. The van der Waals surface area contributed by atoms with Crippen molar-refractivity contribution in [1.82, 2.24) is 24.3 Å². The smallest absolute Gasteiger partial charge is 0.335 e. The van der Waals surface area contributed by atoms with E-state index in [9.17, 15) is 18.8 Å². The molecule has 1 saturated heterocycles. The molecule has 3 heterocycles. The van der Waals surface area contributed by atoms with E-state index in [2.05, 4.69) is 10.3 Å². The number of amides is 2. The lowest BCUT2D eigenvalue weighted by atomic mass is 10.3. The van der Waals surface area contributed by atoms with Crippen LogP contribution in [0.3, 0.4) is 0 Å². The van der Waals surface area contributed by atoms with Crippen molar-refractivity contribution in [2.75, 3.05) is 19.6 Å². The van der Waals surface area contributed by atoms with Crippen LogP contribution in [-0.4, -0.2) is 50.5 Å². The summed E-state index contributed by atoms with van der Waals surface area (Å²) in [5.41, 5.74) is 0.965. The number of imidazole rings is 1. The van der Waals surface area contributed by atoms with Gasteiger partial charge in [-0.25, -0.2) is 18.7 Å². The van der Waals surface area contributed by atoms with E-state index >= 15 is 0 Å². The predicted molar refractivity (Wildman–Crippen MR) is 109 cm³/mol. The average Bonchev–Trinajstić information content (AvgIpc) is 3.27. The first-order valence-corrected chi connectivity index (χ1v) is 9.91. The van der Waals surface area contributed by atoms with E-state index in [1.165, 1.54) is 33.4 Å². The number of benzene rings is 1. The van der Waals surface area contributed by atoms with Crippen molar-refractivity contribution in [2.24, 2.45) is 0 Å². The molecule has 8 nitrogen and oxygen atoms in total. The zero-order valence-corrected chi connectivity index (χ0v) is 16.4. The number of carbonyl (C=O) groups is 2. The molecule has 0 saturated carbocycles. The van der Waals surface area contributed by atoms with Gasteiger partial charge < -0.3 is 10.2 Å². The molecule has 1 aromatic carbocycles. The summed E-state index contributed by atoms with van der Waals surface area (Å²) >= 11 is 0. The molecular weight excluding hydrogens is 389 g/mol. The molecule has 0 radical (unpaired) electrons. The van der Waals surface area contributed by atoms with Crippen LogP contribution in [0.25, 0.3) is 16.9 Å². The molecule has 1 aliphatic rings. The molecule has 0 bridgehead atoms. The van der Waals surface area contributed by atoms with Crippen LogP contribution in [0.15, 0.2) is 47.4 Å². The zero-order chi connectivity index (χ0) is 21.1. The second-order valence-electron chi connectivity index (χ2n) is 7.21. The molecule has 1 fully saturated rings. The van der Waals surface area contributed by atoms with Gasteiger partial charge in [0.2, 0.25) is 11.8 Å². The van der Waals surface area contributed by atoms with Crippen molar-refractivity contribution in [3.63, 3.8) is 0 Å². The Hall–Kier alpha value is -3.49. The van der Waals surface area contributed by atoms with Gasteiger partial charge >= 0.3 is 5.69 Å². The highest BCUT2D eigenvalue weighted by Gasteiger charge is 2.20. The fourth-order valence-corrected chi connectivity index (χ4v) is 3.70. The number of rotatable bonds is 7. The van der Waals surface area contributed by atoms with Gasteiger partial charge in [-0.2, -0.15) is 0 Å². The van der Waals surface area contributed by atoms with Crippen LogP contribution in [0.2, 0.25) is 0 Å². The first-order chi connectivity index (χ1) is 14.5. The summed E-state index contributed by atoms with van der Waals surface area (Å²) < 4.78 is 16.0. The van der Waals surface area contributed by atoms with E-state index in [1.807, 2.05) is 0 Å². The SMILES string of the molecule is O=C(Cn1c(=O)n(-c2ccc(F)cc2)c2ncccc21)NCCCN1CCCC1=O. The number of pyridine rings is 1. The minimum Gasteiger partial charge on any atom is -0.354 e. The number of carbonyl (C=O) groups excluding carboxylic acids is 2. The zero-order valence-electron chi connectivity index (χ0n) is 16.4. The first kappa shape index (κ1) is 19.8. The molecule has 2 amide bonds. The van der Waals surface area contributed by atoms with Crippen molar-refractivity contribution in [2.45, 2.75) is 25.8 Å². The van der Waals surface area contributed by atoms with E-state index in [0.29, 0.717) is 42.8 Å². The van der Waals surface area contributed by atoms with Crippen LogP contribution in [0.1, 0.15) is 19.3 Å². The van der Waals surface area contributed by atoms with E-state index in [0.717, 1.165) is 13.0 Å². The molecule has 1 aliphatic heterocycles. The number of fused-ring (bicyclic) bond motifs is 1. The van der Waals surface area contributed by atoms with Crippen molar-refractivity contribution >= 4 is 23.0 Å². The number of hydrogen-bond donors (Lipinski definition) is 1. The fraction of sp³-hybridized carbons (Fsp3) is 0.333. The Kier molecular flexibility index (Phi) is 5.60. The lowest BCUT2D eigenvalue weighted by molar-refractivity contribution is -0.127. The van der Waals surface area contributed by atoms with Gasteiger partial charge in [0.25, 0.3) is 0 Å².